The Morgan fingerprint density at radius 3 is 2.10 bits per heavy atom. The Bertz CT molecular complexity index is 430. The topological polar surface area (TPSA) is 43.9 Å². The van der Waals surface area contributed by atoms with Gasteiger partial charge in [-0.15, -0.1) is 0 Å². The van der Waals surface area contributed by atoms with E-state index in [1.54, 1.807) is 19.0 Å². The molecule has 0 bridgehead atoms. The van der Waals surface area contributed by atoms with E-state index in [1.807, 2.05) is 23.5 Å². The van der Waals surface area contributed by atoms with Gasteiger partial charge in [0.05, 0.1) is 0 Å². The molecule has 3 amide bonds. The molecular weight excluding hydrogens is 306 g/mol. The van der Waals surface area contributed by atoms with Crippen molar-refractivity contribution >= 4 is 35.5 Å². The van der Waals surface area contributed by atoms with Gasteiger partial charge in [-0.3, -0.25) is 14.6 Å². The predicted octanol–water partition coefficient (Wildman–Crippen LogP) is 1.19. The van der Waals surface area contributed by atoms with Crippen molar-refractivity contribution in [2.45, 2.75) is 24.4 Å². The molecule has 1 spiro atoms. The minimum absolute atomic E-state index is 0.0146. The fraction of sp³-hybridized carbons (Fsp3) is 0.857. The average Bonchev–Trinajstić information content (AvgIpc) is 2.77. The number of hydrogen-bond donors (Lipinski definition) is 0. The molecule has 0 N–H and O–H groups in total. The monoisotopic (exact) mass is 329 g/mol. The number of carbonyl (C=O) groups is 2. The highest BCUT2D eigenvalue weighted by Gasteiger charge is 2.55. The first-order valence-corrected chi connectivity index (χ1v) is 9.83. The highest BCUT2D eigenvalue weighted by atomic mass is 32.2. The number of thioether (sulfide) groups is 2. The van der Waals surface area contributed by atoms with Crippen LogP contribution < -0.4 is 0 Å². The molecule has 0 atom stereocenters. The lowest BCUT2D eigenvalue weighted by molar-refractivity contribution is -0.134. The molecule has 0 aliphatic carbocycles. The second-order valence-corrected chi connectivity index (χ2v) is 8.38. The molecule has 118 valence electrons. The number of urea groups is 1. The number of imide groups is 1. The van der Waals surface area contributed by atoms with Gasteiger partial charge in [0, 0.05) is 56.2 Å². The Kier molecular flexibility index (Phi) is 4.43. The number of hydrogen-bond acceptors (Lipinski definition) is 5. The van der Waals surface area contributed by atoms with Crippen molar-refractivity contribution in [2.24, 2.45) is 0 Å². The van der Waals surface area contributed by atoms with Crippen LogP contribution in [-0.4, -0.2) is 88.4 Å². The molecule has 0 saturated carbocycles. The molecule has 0 aromatic rings. The fourth-order valence-corrected chi connectivity index (χ4v) is 6.20. The van der Waals surface area contributed by atoms with Gasteiger partial charge in [-0.2, -0.15) is 23.5 Å². The molecule has 0 unspecified atom stereocenters. The van der Waals surface area contributed by atoms with Crippen LogP contribution in [0, 0.1) is 0 Å². The van der Waals surface area contributed by atoms with E-state index in [4.69, 9.17) is 0 Å². The summed E-state index contributed by atoms with van der Waals surface area (Å²) in [5.74, 6) is 4.88. The Hall–Kier alpha value is -0.400. The Morgan fingerprint density at radius 2 is 1.62 bits per heavy atom. The van der Waals surface area contributed by atoms with Crippen LogP contribution in [0.4, 0.5) is 4.79 Å². The molecular formula is C14H23N3O2S2. The minimum atomic E-state index is -0.576. The van der Waals surface area contributed by atoms with Crippen LogP contribution in [0.5, 0.6) is 0 Å². The second-order valence-electron chi connectivity index (χ2n) is 6.08. The molecule has 3 aliphatic rings. The SMILES string of the molecule is CN1C(=O)N(C)C2(CCN(C3CSCCSC3)CC2)C1=O. The maximum atomic E-state index is 12.5. The zero-order chi connectivity index (χ0) is 15.0. The molecule has 0 aromatic heterocycles. The summed E-state index contributed by atoms with van der Waals surface area (Å²) in [6, 6.07) is 0.462. The largest absolute Gasteiger partial charge is 0.327 e. The van der Waals surface area contributed by atoms with Crippen LogP contribution in [0.25, 0.3) is 0 Å². The molecule has 3 rings (SSSR count). The van der Waals surface area contributed by atoms with Crippen LogP contribution >= 0.6 is 23.5 Å². The van der Waals surface area contributed by atoms with Crippen LogP contribution in [-0.2, 0) is 4.79 Å². The van der Waals surface area contributed by atoms with Gasteiger partial charge in [-0.1, -0.05) is 0 Å². The van der Waals surface area contributed by atoms with E-state index in [-0.39, 0.29) is 11.9 Å². The number of amides is 3. The van der Waals surface area contributed by atoms with E-state index in [1.165, 1.54) is 27.9 Å². The number of carbonyl (C=O) groups excluding carboxylic acids is 2. The summed E-state index contributed by atoms with van der Waals surface area (Å²) in [4.78, 5) is 30.0. The van der Waals surface area contributed by atoms with Crippen molar-refractivity contribution in [1.82, 2.24) is 14.7 Å². The first kappa shape index (κ1) is 15.5. The van der Waals surface area contributed by atoms with Crippen LogP contribution in [0.2, 0.25) is 0 Å². The predicted molar refractivity (Wildman–Crippen MR) is 87.9 cm³/mol. The number of likely N-dealkylation sites (tertiary alicyclic amines) is 1. The third kappa shape index (κ3) is 2.57. The van der Waals surface area contributed by atoms with Gasteiger partial charge in [0.15, 0.2) is 0 Å². The minimum Gasteiger partial charge on any atom is -0.312 e. The first-order chi connectivity index (χ1) is 10.1. The van der Waals surface area contributed by atoms with Crippen molar-refractivity contribution in [3.63, 3.8) is 0 Å². The van der Waals surface area contributed by atoms with Crippen molar-refractivity contribution in [1.29, 1.82) is 0 Å². The molecule has 0 aromatic carbocycles. The normalized spacial score (nSPS) is 28.5. The van der Waals surface area contributed by atoms with Crippen molar-refractivity contribution < 1.29 is 9.59 Å². The van der Waals surface area contributed by atoms with Gasteiger partial charge in [0.1, 0.15) is 5.54 Å². The number of nitrogens with zero attached hydrogens (tertiary/aromatic N) is 3. The standard InChI is InChI=1S/C14H23N3O2S2/c1-15-12(18)14(16(2)13(15)19)3-5-17(6-4-14)11-9-20-7-8-21-10-11/h11H,3-10H2,1-2H3. The zero-order valence-corrected chi connectivity index (χ0v) is 14.3. The van der Waals surface area contributed by atoms with Crippen molar-refractivity contribution in [3.8, 4) is 0 Å². The summed E-state index contributed by atoms with van der Waals surface area (Å²) in [5, 5.41) is 0. The van der Waals surface area contributed by atoms with Gasteiger partial charge < -0.3 is 4.90 Å². The van der Waals surface area contributed by atoms with Gasteiger partial charge in [0.25, 0.3) is 5.91 Å². The van der Waals surface area contributed by atoms with Gasteiger partial charge >= 0.3 is 6.03 Å². The fourth-order valence-electron chi connectivity index (χ4n) is 3.57. The Balaban J connectivity index is 1.67. The quantitative estimate of drug-likeness (QED) is 0.676. The van der Waals surface area contributed by atoms with Crippen LogP contribution in [0.1, 0.15) is 12.8 Å². The lowest BCUT2D eigenvalue weighted by Crippen LogP contribution is -2.57. The lowest BCUT2D eigenvalue weighted by Gasteiger charge is -2.43. The van der Waals surface area contributed by atoms with E-state index >= 15 is 0 Å². The highest BCUT2D eigenvalue weighted by Crippen LogP contribution is 2.36. The van der Waals surface area contributed by atoms with E-state index < -0.39 is 5.54 Å². The highest BCUT2D eigenvalue weighted by molar-refractivity contribution is 8.03. The summed E-state index contributed by atoms with van der Waals surface area (Å²) in [6.45, 7) is 1.84. The number of likely N-dealkylation sites (N-methyl/N-ethyl adjacent to an activating group) is 2. The van der Waals surface area contributed by atoms with Gasteiger partial charge in [-0.05, 0) is 12.8 Å². The second kappa shape index (κ2) is 6.01. The molecule has 21 heavy (non-hydrogen) atoms. The van der Waals surface area contributed by atoms with E-state index in [0.29, 0.717) is 6.04 Å². The molecule has 0 radical (unpaired) electrons. The van der Waals surface area contributed by atoms with Crippen molar-refractivity contribution in [3.05, 3.63) is 0 Å². The Labute approximate surface area is 134 Å². The molecule has 3 aliphatic heterocycles. The summed E-state index contributed by atoms with van der Waals surface area (Å²) in [6.07, 6.45) is 1.54. The van der Waals surface area contributed by atoms with Crippen LogP contribution in [0.3, 0.4) is 0 Å². The summed E-state index contributed by atoms with van der Waals surface area (Å²) in [7, 11) is 3.37. The van der Waals surface area contributed by atoms with Gasteiger partial charge in [0.2, 0.25) is 0 Å². The van der Waals surface area contributed by atoms with Crippen molar-refractivity contribution in [2.75, 3.05) is 50.2 Å². The maximum absolute atomic E-state index is 12.5. The maximum Gasteiger partial charge on any atom is 0.327 e. The Morgan fingerprint density at radius 1 is 1.05 bits per heavy atom. The first-order valence-electron chi connectivity index (χ1n) is 7.52. The summed E-state index contributed by atoms with van der Waals surface area (Å²) < 4.78 is 0. The van der Waals surface area contributed by atoms with E-state index in [0.717, 1.165) is 25.9 Å². The molecule has 3 fully saturated rings. The van der Waals surface area contributed by atoms with Gasteiger partial charge in [-0.25, -0.2) is 4.79 Å². The lowest BCUT2D eigenvalue weighted by atomic mass is 9.86. The van der Waals surface area contributed by atoms with E-state index in [2.05, 4.69) is 4.90 Å². The third-order valence-corrected chi connectivity index (χ3v) is 7.54. The number of rotatable bonds is 1. The van der Waals surface area contributed by atoms with E-state index in [9.17, 15) is 9.59 Å². The summed E-state index contributed by atoms with van der Waals surface area (Å²) >= 11 is 4.08. The average molecular weight is 329 g/mol. The number of piperidine rings is 1. The zero-order valence-electron chi connectivity index (χ0n) is 12.7. The summed E-state index contributed by atoms with van der Waals surface area (Å²) in [5.41, 5.74) is -0.576. The smallest absolute Gasteiger partial charge is 0.312 e. The molecule has 3 saturated heterocycles. The third-order valence-electron chi connectivity index (χ3n) is 5.05. The molecule has 7 heteroatoms. The molecule has 5 nitrogen and oxygen atoms in total. The van der Waals surface area contributed by atoms with Crippen LogP contribution in [0.15, 0.2) is 0 Å². The molecule has 3 heterocycles.